The van der Waals surface area contributed by atoms with Crippen molar-refractivity contribution in [2.75, 3.05) is 31.1 Å². The fraction of sp³-hybridized carbons (Fsp3) is 0.412. The average Bonchev–Trinajstić information content (AvgIpc) is 3.02. The van der Waals surface area contributed by atoms with E-state index in [1.54, 1.807) is 6.07 Å². The highest BCUT2D eigenvalue weighted by atomic mass is 35.5. The lowest BCUT2D eigenvalue weighted by atomic mass is 10.1. The lowest BCUT2D eigenvalue weighted by Gasteiger charge is -2.18. The molecule has 2 aliphatic rings. The van der Waals surface area contributed by atoms with E-state index in [0.717, 1.165) is 19.5 Å². The van der Waals surface area contributed by atoms with Gasteiger partial charge in [-0.3, -0.25) is 9.59 Å². The van der Waals surface area contributed by atoms with E-state index in [9.17, 15) is 18.0 Å². The number of nitrogens with zero attached hydrogens (tertiary/aromatic N) is 1. The summed E-state index contributed by atoms with van der Waals surface area (Å²) in [6.07, 6.45) is 3.07. The number of primary sulfonamides is 1. The van der Waals surface area contributed by atoms with Gasteiger partial charge in [0.25, 0.3) is 0 Å². The zero-order valence-electron chi connectivity index (χ0n) is 14.7. The van der Waals surface area contributed by atoms with E-state index in [-0.39, 0.29) is 42.1 Å². The Balaban J connectivity index is 0.00000261. The van der Waals surface area contributed by atoms with Crippen LogP contribution < -0.4 is 20.7 Å². The molecule has 1 aromatic carbocycles. The molecule has 0 aromatic heterocycles. The van der Waals surface area contributed by atoms with Gasteiger partial charge in [-0.1, -0.05) is 17.7 Å². The number of carbonyl (C=O) groups excluding carboxylic acids is 2. The predicted octanol–water partition coefficient (Wildman–Crippen LogP) is 0.145. The summed E-state index contributed by atoms with van der Waals surface area (Å²) < 4.78 is 23.0. The number of nitrogens with two attached hydrogens (primary N) is 1. The molecule has 148 valence electrons. The number of sulfonamides is 1. The van der Waals surface area contributed by atoms with Crippen molar-refractivity contribution in [1.29, 1.82) is 0 Å². The Hall–Kier alpha value is -1.94. The number of carbonyl (C=O) groups is 2. The third-order valence-electron chi connectivity index (χ3n) is 4.60. The van der Waals surface area contributed by atoms with Gasteiger partial charge in [0.2, 0.25) is 21.8 Å². The van der Waals surface area contributed by atoms with Gasteiger partial charge in [0.05, 0.1) is 10.8 Å². The quantitative estimate of drug-likeness (QED) is 0.592. The first-order chi connectivity index (χ1) is 12.3. The molecule has 1 saturated heterocycles. The van der Waals surface area contributed by atoms with Crippen molar-refractivity contribution in [3.63, 3.8) is 0 Å². The molecule has 4 N–H and O–H groups in total. The van der Waals surface area contributed by atoms with E-state index in [4.69, 9.17) is 5.14 Å². The van der Waals surface area contributed by atoms with E-state index in [0.29, 0.717) is 12.2 Å². The first kappa shape index (κ1) is 21.4. The Kier molecular flexibility index (Phi) is 6.99. The highest BCUT2D eigenvalue weighted by molar-refractivity contribution is 7.89. The first-order valence-electron chi connectivity index (χ1n) is 8.44. The molecular weight excluding hydrogens is 392 g/mol. The summed E-state index contributed by atoms with van der Waals surface area (Å²) in [5.74, 6) is -0.830. The number of benzene rings is 1. The number of rotatable bonds is 5. The van der Waals surface area contributed by atoms with Crippen LogP contribution in [0.15, 0.2) is 40.8 Å². The average molecular weight is 415 g/mol. The number of nitrogens with one attached hydrogen (secondary N) is 2. The van der Waals surface area contributed by atoms with Crippen LogP contribution in [0.3, 0.4) is 0 Å². The highest BCUT2D eigenvalue weighted by Gasteiger charge is 2.35. The number of amides is 2. The lowest BCUT2D eigenvalue weighted by Crippen LogP contribution is -2.35. The molecule has 1 atom stereocenters. The van der Waals surface area contributed by atoms with Crippen molar-refractivity contribution >= 4 is 39.9 Å². The van der Waals surface area contributed by atoms with Crippen molar-refractivity contribution in [3.8, 4) is 0 Å². The van der Waals surface area contributed by atoms with Crippen LogP contribution in [0, 0.1) is 5.92 Å². The minimum atomic E-state index is -3.85. The Morgan fingerprint density at radius 1 is 1.37 bits per heavy atom. The molecule has 1 aromatic rings. The zero-order valence-corrected chi connectivity index (χ0v) is 16.3. The standard InChI is InChI=1S/C17H22N4O4S.ClH/c18-26(24,25)15-3-1-2-14(9-15)21-11-13(8-16(21)22)17(23)20-10-12-4-6-19-7-5-12;/h1-4,9,13,19H,5-8,10-11H2,(H,20,23)(H2,18,24,25);1H. The Morgan fingerprint density at radius 3 is 2.81 bits per heavy atom. The van der Waals surface area contributed by atoms with Crippen LogP contribution in [-0.4, -0.2) is 46.4 Å². The molecule has 0 saturated carbocycles. The third kappa shape index (κ3) is 5.29. The van der Waals surface area contributed by atoms with Crippen LogP contribution in [0.4, 0.5) is 5.69 Å². The summed E-state index contributed by atoms with van der Waals surface area (Å²) in [7, 11) is -3.85. The van der Waals surface area contributed by atoms with Crippen LogP contribution >= 0.6 is 12.4 Å². The van der Waals surface area contributed by atoms with Crippen molar-refractivity contribution in [1.82, 2.24) is 10.6 Å². The van der Waals surface area contributed by atoms with Gasteiger partial charge >= 0.3 is 0 Å². The maximum atomic E-state index is 12.4. The smallest absolute Gasteiger partial charge is 0.238 e. The second-order valence-corrected chi connectivity index (χ2v) is 8.04. The Morgan fingerprint density at radius 2 is 2.15 bits per heavy atom. The maximum absolute atomic E-state index is 12.4. The maximum Gasteiger partial charge on any atom is 0.238 e. The van der Waals surface area contributed by atoms with Gasteiger partial charge in [-0.05, 0) is 31.2 Å². The topological polar surface area (TPSA) is 122 Å². The van der Waals surface area contributed by atoms with Crippen molar-refractivity contribution < 1.29 is 18.0 Å². The molecule has 0 bridgehead atoms. The Labute approximate surface area is 164 Å². The van der Waals surface area contributed by atoms with Crippen molar-refractivity contribution in [3.05, 3.63) is 35.9 Å². The minimum absolute atomic E-state index is 0. The molecule has 2 amide bonds. The van der Waals surface area contributed by atoms with Crippen LogP contribution in [-0.2, 0) is 19.6 Å². The summed E-state index contributed by atoms with van der Waals surface area (Å²) in [6, 6.07) is 5.88. The number of hydrogen-bond donors (Lipinski definition) is 3. The monoisotopic (exact) mass is 414 g/mol. The first-order valence-corrected chi connectivity index (χ1v) is 9.99. The zero-order chi connectivity index (χ0) is 18.7. The molecule has 1 unspecified atom stereocenters. The van der Waals surface area contributed by atoms with Crippen LogP contribution in [0.5, 0.6) is 0 Å². The van der Waals surface area contributed by atoms with Gasteiger partial charge < -0.3 is 15.5 Å². The second kappa shape index (κ2) is 8.83. The number of anilines is 1. The normalized spacial score (nSPS) is 20.0. The molecule has 1 fully saturated rings. The van der Waals surface area contributed by atoms with Gasteiger partial charge in [0, 0.05) is 31.7 Å². The van der Waals surface area contributed by atoms with Gasteiger partial charge in [-0.15, -0.1) is 12.4 Å². The molecule has 0 spiro atoms. The molecule has 0 radical (unpaired) electrons. The molecular formula is C17H23ClN4O4S. The SMILES string of the molecule is Cl.NS(=O)(=O)c1cccc(N2CC(C(=O)NCC3=CCNCC3)CC2=O)c1. The summed E-state index contributed by atoms with van der Waals surface area (Å²) >= 11 is 0. The predicted molar refractivity (Wildman–Crippen MR) is 104 cm³/mol. The molecule has 10 heteroatoms. The summed E-state index contributed by atoms with van der Waals surface area (Å²) in [5.41, 5.74) is 1.61. The van der Waals surface area contributed by atoms with Crippen LogP contribution in [0.1, 0.15) is 12.8 Å². The summed E-state index contributed by atoms with van der Waals surface area (Å²) in [6.45, 7) is 2.42. The molecule has 27 heavy (non-hydrogen) atoms. The van der Waals surface area contributed by atoms with Crippen molar-refractivity contribution in [2.24, 2.45) is 11.1 Å². The fourth-order valence-corrected chi connectivity index (χ4v) is 3.69. The fourth-order valence-electron chi connectivity index (χ4n) is 3.14. The number of hydrogen-bond acceptors (Lipinski definition) is 5. The second-order valence-electron chi connectivity index (χ2n) is 6.48. The van der Waals surface area contributed by atoms with Crippen LogP contribution in [0.25, 0.3) is 0 Å². The largest absolute Gasteiger partial charge is 0.352 e. The number of halogens is 1. The molecule has 2 aliphatic heterocycles. The van der Waals surface area contributed by atoms with Crippen LogP contribution in [0.2, 0.25) is 0 Å². The van der Waals surface area contributed by atoms with E-state index >= 15 is 0 Å². The highest BCUT2D eigenvalue weighted by Crippen LogP contribution is 2.27. The summed E-state index contributed by atoms with van der Waals surface area (Å²) in [5, 5.41) is 11.2. The molecule has 0 aliphatic carbocycles. The molecule has 3 rings (SSSR count). The van der Waals surface area contributed by atoms with E-state index in [1.807, 2.05) is 0 Å². The van der Waals surface area contributed by atoms with Gasteiger partial charge in [-0.25, -0.2) is 13.6 Å². The third-order valence-corrected chi connectivity index (χ3v) is 5.51. The van der Waals surface area contributed by atoms with E-state index in [2.05, 4.69) is 16.7 Å². The van der Waals surface area contributed by atoms with Gasteiger partial charge in [0.1, 0.15) is 0 Å². The molecule has 2 heterocycles. The van der Waals surface area contributed by atoms with Crippen molar-refractivity contribution in [2.45, 2.75) is 17.7 Å². The lowest BCUT2D eigenvalue weighted by molar-refractivity contribution is -0.126. The van der Waals surface area contributed by atoms with E-state index < -0.39 is 15.9 Å². The van der Waals surface area contributed by atoms with E-state index in [1.165, 1.54) is 28.7 Å². The van der Waals surface area contributed by atoms with Gasteiger partial charge in [-0.2, -0.15) is 0 Å². The summed E-state index contributed by atoms with van der Waals surface area (Å²) in [4.78, 5) is 26.1. The Bertz CT molecular complexity index is 856. The molecule has 8 nitrogen and oxygen atoms in total. The minimum Gasteiger partial charge on any atom is -0.352 e. The van der Waals surface area contributed by atoms with Gasteiger partial charge in [0.15, 0.2) is 0 Å².